The van der Waals surface area contributed by atoms with Gasteiger partial charge in [-0.2, -0.15) is 0 Å². The molecule has 0 saturated heterocycles. The van der Waals surface area contributed by atoms with Crippen molar-refractivity contribution < 1.29 is 9.90 Å². The van der Waals surface area contributed by atoms with Crippen molar-refractivity contribution in [2.75, 3.05) is 19.4 Å². The molecule has 1 aromatic rings. The number of phenolic OH excluding ortho intramolecular Hbond substituents is 1. The van der Waals surface area contributed by atoms with Gasteiger partial charge in [0.2, 0.25) is 0 Å². The highest BCUT2D eigenvalue weighted by Crippen LogP contribution is 2.20. The lowest BCUT2D eigenvalue weighted by Crippen LogP contribution is -2.27. The van der Waals surface area contributed by atoms with Crippen molar-refractivity contribution in [2.45, 2.75) is 6.54 Å². The normalized spacial score (nSPS) is 9.80. The van der Waals surface area contributed by atoms with Crippen LogP contribution in [0.15, 0.2) is 18.2 Å². The molecule has 82 valence electrons. The molecule has 0 atom stereocenters. The van der Waals surface area contributed by atoms with E-state index in [1.54, 1.807) is 26.2 Å². The van der Waals surface area contributed by atoms with Crippen LogP contribution < -0.4 is 11.1 Å². The van der Waals surface area contributed by atoms with Gasteiger partial charge >= 0.3 is 6.03 Å². The number of hydrogen-bond acceptors (Lipinski definition) is 3. The Morgan fingerprint density at radius 1 is 1.53 bits per heavy atom. The minimum Gasteiger partial charge on any atom is -0.508 e. The molecule has 0 heterocycles. The van der Waals surface area contributed by atoms with E-state index in [2.05, 4.69) is 5.32 Å². The largest absolute Gasteiger partial charge is 0.508 e. The second-order valence-corrected chi connectivity index (χ2v) is 3.37. The number of aromatic hydroxyl groups is 1. The molecule has 0 aromatic heterocycles. The van der Waals surface area contributed by atoms with Gasteiger partial charge in [-0.3, -0.25) is 0 Å². The lowest BCUT2D eigenvalue weighted by atomic mass is 10.2. The maximum absolute atomic E-state index is 11.3. The van der Waals surface area contributed by atoms with Crippen LogP contribution in [0.5, 0.6) is 5.75 Å². The number of phenols is 1. The molecule has 4 N–H and O–H groups in total. The molecule has 5 nitrogen and oxygen atoms in total. The Morgan fingerprint density at radius 3 is 2.73 bits per heavy atom. The van der Waals surface area contributed by atoms with Crippen LogP contribution in [0.25, 0.3) is 0 Å². The maximum atomic E-state index is 11.3. The first-order chi connectivity index (χ1) is 7.04. The van der Waals surface area contributed by atoms with Gasteiger partial charge in [0.25, 0.3) is 0 Å². The number of rotatable bonds is 2. The Bertz CT molecular complexity index is 364. The van der Waals surface area contributed by atoms with Crippen molar-refractivity contribution in [1.82, 2.24) is 4.90 Å². The van der Waals surface area contributed by atoms with Gasteiger partial charge in [-0.05, 0) is 18.2 Å². The molecule has 1 rings (SSSR count). The predicted octanol–water partition coefficient (Wildman–Crippen LogP) is 0.944. The first kappa shape index (κ1) is 11.3. The van der Waals surface area contributed by atoms with Crippen LogP contribution >= 0.6 is 0 Å². The van der Waals surface area contributed by atoms with Crippen molar-refractivity contribution in [1.29, 1.82) is 0 Å². The smallest absolute Gasteiger partial charge is 0.321 e. The molecule has 0 radical (unpaired) electrons. The zero-order valence-electron chi connectivity index (χ0n) is 8.82. The van der Waals surface area contributed by atoms with Crippen LogP contribution in [0.2, 0.25) is 0 Å². The highest BCUT2D eigenvalue weighted by Gasteiger charge is 2.05. The van der Waals surface area contributed by atoms with E-state index >= 15 is 0 Å². The molecule has 0 aliphatic rings. The van der Waals surface area contributed by atoms with Gasteiger partial charge in [-0.15, -0.1) is 0 Å². The number of nitrogens with one attached hydrogen (secondary N) is 1. The standard InChI is InChI=1S/C10H15N3O2/c1-13(2)10(15)12-8-3-4-9(14)7(5-8)6-11/h3-5,14H,6,11H2,1-2H3,(H,12,15). The minimum atomic E-state index is -0.219. The number of nitrogens with zero attached hydrogens (tertiary/aromatic N) is 1. The molecule has 0 bridgehead atoms. The van der Waals surface area contributed by atoms with Crippen molar-refractivity contribution in [2.24, 2.45) is 5.73 Å². The zero-order valence-corrected chi connectivity index (χ0v) is 8.82. The molecule has 0 aliphatic carbocycles. The molecule has 2 amide bonds. The number of carbonyl (C=O) groups excluding carboxylic acids is 1. The van der Waals surface area contributed by atoms with E-state index < -0.39 is 0 Å². The lowest BCUT2D eigenvalue weighted by molar-refractivity contribution is 0.230. The summed E-state index contributed by atoms with van der Waals surface area (Å²) in [5.41, 5.74) is 6.65. The molecule has 15 heavy (non-hydrogen) atoms. The number of anilines is 1. The molecule has 0 unspecified atom stereocenters. The summed E-state index contributed by atoms with van der Waals surface area (Å²) in [6.07, 6.45) is 0. The Balaban J connectivity index is 2.83. The van der Waals surface area contributed by atoms with E-state index in [0.717, 1.165) is 0 Å². The minimum absolute atomic E-state index is 0.139. The molecule has 0 aliphatic heterocycles. The van der Waals surface area contributed by atoms with Crippen molar-refractivity contribution in [3.8, 4) is 5.75 Å². The fourth-order valence-corrected chi connectivity index (χ4v) is 1.06. The van der Waals surface area contributed by atoms with E-state index in [1.165, 1.54) is 11.0 Å². The van der Waals surface area contributed by atoms with E-state index in [-0.39, 0.29) is 18.3 Å². The highest BCUT2D eigenvalue weighted by atomic mass is 16.3. The Labute approximate surface area is 88.5 Å². The maximum Gasteiger partial charge on any atom is 0.321 e. The number of amides is 2. The summed E-state index contributed by atoms with van der Waals surface area (Å²) < 4.78 is 0. The second kappa shape index (κ2) is 4.65. The molecule has 0 saturated carbocycles. The number of urea groups is 1. The van der Waals surface area contributed by atoms with Crippen LogP contribution in [0, 0.1) is 0 Å². The van der Waals surface area contributed by atoms with Gasteiger partial charge in [-0.1, -0.05) is 0 Å². The summed E-state index contributed by atoms with van der Waals surface area (Å²) in [6.45, 7) is 0.234. The summed E-state index contributed by atoms with van der Waals surface area (Å²) in [7, 11) is 3.30. The third-order valence-corrected chi connectivity index (χ3v) is 1.96. The SMILES string of the molecule is CN(C)C(=O)Nc1ccc(O)c(CN)c1. The number of benzene rings is 1. The third-order valence-electron chi connectivity index (χ3n) is 1.96. The van der Waals surface area contributed by atoms with E-state index in [4.69, 9.17) is 5.73 Å². The molecule has 0 fully saturated rings. The Hall–Kier alpha value is -1.75. The fourth-order valence-electron chi connectivity index (χ4n) is 1.06. The summed E-state index contributed by atoms with van der Waals surface area (Å²) in [4.78, 5) is 12.7. The van der Waals surface area contributed by atoms with Gasteiger partial charge in [-0.25, -0.2) is 4.79 Å². The zero-order chi connectivity index (χ0) is 11.4. The third kappa shape index (κ3) is 2.85. The second-order valence-electron chi connectivity index (χ2n) is 3.37. The van der Waals surface area contributed by atoms with Crippen molar-refractivity contribution in [3.05, 3.63) is 23.8 Å². The quantitative estimate of drug-likeness (QED) is 0.634. The van der Waals surface area contributed by atoms with Gasteiger partial charge < -0.3 is 21.1 Å². The van der Waals surface area contributed by atoms with Crippen LogP contribution in [-0.2, 0) is 6.54 Å². The highest BCUT2D eigenvalue weighted by molar-refractivity contribution is 5.89. The summed E-state index contributed by atoms with van der Waals surface area (Å²) in [6, 6.07) is 4.56. The average Bonchev–Trinajstić information content (AvgIpc) is 2.20. The Morgan fingerprint density at radius 2 is 2.20 bits per heavy atom. The summed E-state index contributed by atoms with van der Waals surface area (Å²) >= 11 is 0. The van der Waals surface area contributed by atoms with Crippen molar-refractivity contribution >= 4 is 11.7 Å². The lowest BCUT2D eigenvalue weighted by Gasteiger charge is -2.12. The summed E-state index contributed by atoms with van der Waals surface area (Å²) in [5, 5.41) is 12.0. The Kier molecular flexibility index (Phi) is 3.51. The number of carbonyl (C=O) groups is 1. The van der Waals surface area contributed by atoms with Crippen LogP contribution in [0.4, 0.5) is 10.5 Å². The monoisotopic (exact) mass is 209 g/mol. The number of nitrogens with two attached hydrogens (primary N) is 1. The molecular weight excluding hydrogens is 194 g/mol. The molecule has 5 heteroatoms. The van der Waals surface area contributed by atoms with Gasteiger partial charge in [0.05, 0.1) is 0 Å². The van der Waals surface area contributed by atoms with Crippen LogP contribution in [0.1, 0.15) is 5.56 Å². The van der Waals surface area contributed by atoms with Crippen LogP contribution in [-0.4, -0.2) is 30.1 Å². The van der Waals surface area contributed by atoms with Gasteiger partial charge in [0.1, 0.15) is 5.75 Å². The molecule has 0 spiro atoms. The summed E-state index contributed by atoms with van der Waals surface area (Å²) in [5.74, 6) is 0.139. The van der Waals surface area contributed by atoms with Gasteiger partial charge in [0, 0.05) is 31.9 Å². The van der Waals surface area contributed by atoms with Crippen molar-refractivity contribution in [3.63, 3.8) is 0 Å². The first-order valence-electron chi connectivity index (χ1n) is 4.55. The predicted molar refractivity (Wildman–Crippen MR) is 58.7 cm³/mol. The fraction of sp³-hybridized carbons (Fsp3) is 0.300. The number of hydrogen-bond donors (Lipinski definition) is 3. The van der Waals surface area contributed by atoms with Crippen LogP contribution in [0.3, 0.4) is 0 Å². The topological polar surface area (TPSA) is 78.6 Å². The first-order valence-corrected chi connectivity index (χ1v) is 4.55. The van der Waals surface area contributed by atoms with E-state index in [1.807, 2.05) is 0 Å². The average molecular weight is 209 g/mol. The van der Waals surface area contributed by atoms with E-state index in [0.29, 0.717) is 11.3 Å². The van der Waals surface area contributed by atoms with E-state index in [9.17, 15) is 9.90 Å². The molecule has 1 aromatic carbocycles. The van der Waals surface area contributed by atoms with Gasteiger partial charge in [0.15, 0.2) is 0 Å². The molecular formula is C10H15N3O2.